The van der Waals surface area contributed by atoms with Gasteiger partial charge in [0.15, 0.2) is 6.61 Å². The van der Waals surface area contributed by atoms with E-state index in [2.05, 4.69) is 0 Å². The second-order valence-electron chi connectivity index (χ2n) is 4.38. The van der Waals surface area contributed by atoms with Crippen molar-refractivity contribution in [2.45, 2.75) is 39.3 Å². The summed E-state index contributed by atoms with van der Waals surface area (Å²) in [5, 5.41) is 0. The van der Waals surface area contributed by atoms with Crippen molar-refractivity contribution in [3.63, 3.8) is 0 Å². The quantitative estimate of drug-likeness (QED) is 0.789. The molecule has 0 spiro atoms. The molecule has 1 aromatic rings. The van der Waals surface area contributed by atoms with E-state index in [0.29, 0.717) is 5.75 Å². The van der Waals surface area contributed by atoms with Crippen LogP contribution in [0.25, 0.3) is 0 Å². The highest BCUT2D eigenvalue weighted by atomic mass is 16.6. The standard InChI is InChI=1S/C14H21NO3/c1-4-12(15)11-7-5-6-8-13(11)17-9-14(16)18-10(2)3/h5-8,10,12H,4,9,15H2,1-3H3/t12-/m1/s1. The average Bonchev–Trinajstić information content (AvgIpc) is 2.35. The maximum Gasteiger partial charge on any atom is 0.344 e. The van der Waals surface area contributed by atoms with Gasteiger partial charge in [-0.25, -0.2) is 4.79 Å². The molecule has 0 fully saturated rings. The Labute approximate surface area is 108 Å². The third-order valence-electron chi connectivity index (χ3n) is 2.47. The Morgan fingerprint density at radius 3 is 2.61 bits per heavy atom. The third kappa shape index (κ3) is 4.37. The van der Waals surface area contributed by atoms with Crippen LogP contribution < -0.4 is 10.5 Å². The highest BCUT2D eigenvalue weighted by molar-refractivity contribution is 5.71. The smallest absolute Gasteiger partial charge is 0.344 e. The molecule has 1 aromatic carbocycles. The zero-order chi connectivity index (χ0) is 13.5. The minimum absolute atomic E-state index is 0.0812. The highest BCUT2D eigenvalue weighted by Crippen LogP contribution is 2.25. The summed E-state index contributed by atoms with van der Waals surface area (Å²) in [5.74, 6) is 0.275. The number of benzene rings is 1. The van der Waals surface area contributed by atoms with Gasteiger partial charge in [0.2, 0.25) is 0 Å². The van der Waals surface area contributed by atoms with Crippen molar-refractivity contribution in [3.8, 4) is 5.75 Å². The van der Waals surface area contributed by atoms with E-state index >= 15 is 0 Å². The predicted octanol–water partition coefficient (Wildman–Crippen LogP) is 2.43. The first-order valence-electron chi connectivity index (χ1n) is 6.21. The van der Waals surface area contributed by atoms with Gasteiger partial charge in [-0.15, -0.1) is 0 Å². The van der Waals surface area contributed by atoms with Crippen LogP contribution in [0.1, 0.15) is 38.8 Å². The van der Waals surface area contributed by atoms with Crippen LogP contribution in [0.15, 0.2) is 24.3 Å². The molecule has 4 heteroatoms. The molecule has 18 heavy (non-hydrogen) atoms. The Bertz CT molecular complexity index is 390. The summed E-state index contributed by atoms with van der Waals surface area (Å²) >= 11 is 0. The molecule has 0 unspecified atom stereocenters. The molecule has 2 N–H and O–H groups in total. The Morgan fingerprint density at radius 2 is 2.00 bits per heavy atom. The number of carbonyl (C=O) groups excluding carboxylic acids is 1. The molecule has 1 atom stereocenters. The van der Waals surface area contributed by atoms with E-state index in [-0.39, 0.29) is 24.7 Å². The van der Waals surface area contributed by atoms with Crippen molar-refractivity contribution in [2.24, 2.45) is 5.73 Å². The predicted molar refractivity (Wildman–Crippen MR) is 70.4 cm³/mol. The van der Waals surface area contributed by atoms with E-state index < -0.39 is 0 Å². The van der Waals surface area contributed by atoms with Crippen LogP contribution in [0.4, 0.5) is 0 Å². The maximum absolute atomic E-state index is 11.4. The molecule has 0 bridgehead atoms. The zero-order valence-electron chi connectivity index (χ0n) is 11.2. The van der Waals surface area contributed by atoms with Gasteiger partial charge in [0.1, 0.15) is 5.75 Å². The largest absolute Gasteiger partial charge is 0.482 e. The SMILES string of the molecule is CC[C@@H](N)c1ccccc1OCC(=O)OC(C)C. The van der Waals surface area contributed by atoms with Crippen molar-refractivity contribution in [2.75, 3.05) is 6.61 Å². The molecule has 0 aliphatic carbocycles. The zero-order valence-corrected chi connectivity index (χ0v) is 11.2. The molecular formula is C14H21NO3. The van der Waals surface area contributed by atoms with Gasteiger partial charge in [0, 0.05) is 11.6 Å². The topological polar surface area (TPSA) is 61.5 Å². The minimum Gasteiger partial charge on any atom is -0.482 e. The Hall–Kier alpha value is -1.55. The Balaban J connectivity index is 2.64. The van der Waals surface area contributed by atoms with Gasteiger partial charge in [0.05, 0.1) is 6.10 Å². The van der Waals surface area contributed by atoms with E-state index in [1.54, 1.807) is 13.8 Å². The fourth-order valence-corrected chi connectivity index (χ4v) is 1.57. The van der Waals surface area contributed by atoms with Crippen LogP contribution in [0.3, 0.4) is 0 Å². The number of nitrogens with two attached hydrogens (primary N) is 1. The van der Waals surface area contributed by atoms with Gasteiger partial charge in [-0.2, -0.15) is 0 Å². The molecular weight excluding hydrogens is 230 g/mol. The molecule has 0 saturated carbocycles. The monoisotopic (exact) mass is 251 g/mol. The van der Waals surface area contributed by atoms with Crippen molar-refractivity contribution in [1.82, 2.24) is 0 Å². The molecule has 0 aromatic heterocycles. The first-order chi connectivity index (χ1) is 8.54. The number of hydrogen-bond acceptors (Lipinski definition) is 4. The highest BCUT2D eigenvalue weighted by Gasteiger charge is 2.12. The second-order valence-corrected chi connectivity index (χ2v) is 4.38. The second kappa shape index (κ2) is 7.01. The summed E-state index contributed by atoms with van der Waals surface area (Å²) in [6, 6.07) is 7.41. The van der Waals surface area contributed by atoms with E-state index in [1.165, 1.54) is 0 Å². The summed E-state index contributed by atoms with van der Waals surface area (Å²) in [6.45, 7) is 5.53. The lowest BCUT2D eigenvalue weighted by Crippen LogP contribution is -2.20. The lowest BCUT2D eigenvalue weighted by molar-refractivity contribution is -0.149. The summed E-state index contributed by atoms with van der Waals surface area (Å²) < 4.78 is 10.5. The maximum atomic E-state index is 11.4. The minimum atomic E-state index is -0.370. The Kier molecular flexibility index (Phi) is 5.65. The summed E-state index contributed by atoms with van der Waals surface area (Å²) in [5.41, 5.74) is 6.90. The van der Waals surface area contributed by atoms with E-state index in [9.17, 15) is 4.79 Å². The van der Waals surface area contributed by atoms with E-state index in [1.807, 2.05) is 31.2 Å². The van der Waals surface area contributed by atoms with Crippen LogP contribution in [0, 0.1) is 0 Å². The fourth-order valence-electron chi connectivity index (χ4n) is 1.57. The summed E-state index contributed by atoms with van der Waals surface area (Å²) in [4.78, 5) is 11.4. The molecule has 0 heterocycles. The average molecular weight is 251 g/mol. The van der Waals surface area contributed by atoms with Crippen LogP contribution in [-0.2, 0) is 9.53 Å². The number of hydrogen-bond donors (Lipinski definition) is 1. The molecule has 100 valence electrons. The lowest BCUT2D eigenvalue weighted by atomic mass is 10.0. The van der Waals surface area contributed by atoms with E-state index in [4.69, 9.17) is 15.2 Å². The number of para-hydroxylation sites is 1. The molecule has 1 rings (SSSR count). The number of carbonyl (C=O) groups is 1. The van der Waals surface area contributed by atoms with Crippen molar-refractivity contribution in [3.05, 3.63) is 29.8 Å². The summed E-state index contributed by atoms with van der Waals surface area (Å²) in [7, 11) is 0. The third-order valence-corrected chi connectivity index (χ3v) is 2.47. The molecule has 0 radical (unpaired) electrons. The first kappa shape index (κ1) is 14.5. The molecule has 4 nitrogen and oxygen atoms in total. The van der Waals surface area contributed by atoms with Gasteiger partial charge in [-0.3, -0.25) is 0 Å². The van der Waals surface area contributed by atoms with Gasteiger partial charge in [-0.05, 0) is 26.3 Å². The number of rotatable bonds is 6. The normalized spacial score (nSPS) is 12.3. The van der Waals surface area contributed by atoms with Gasteiger partial charge in [-0.1, -0.05) is 25.1 Å². The van der Waals surface area contributed by atoms with Crippen LogP contribution in [0.2, 0.25) is 0 Å². The van der Waals surface area contributed by atoms with Crippen molar-refractivity contribution >= 4 is 5.97 Å². The summed E-state index contributed by atoms with van der Waals surface area (Å²) in [6.07, 6.45) is 0.686. The van der Waals surface area contributed by atoms with Gasteiger partial charge < -0.3 is 15.2 Å². The first-order valence-corrected chi connectivity index (χ1v) is 6.21. The molecule has 0 amide bonds. The van der Waals surface area contributed by atoms with Gasteiger partial charge >= 0.3 is 5.97 Å². The van der Waals surface area contributed by atoms with E-state index in [0.717, 1.165) is 12.0 Å². The van der Waals surface area contributed by atoms with Crippen LogP contribution in [-0.4, -0.2) is 18.7 Å². The lowest BCUT2D eigenvalue weighted by Gasteiger charge is -2.15. The number of ether oxygens (including phenoxy) is 2. The van der Waals surface area contributed by atoms with Crippen molar-refractivity contribution in [1.29, 1.82) is 0 Å². The Morgan fingerprint density at radius 1 is 1.33 bits per heavy atom. The molecule has 0 aliphatic rings. The van der Waals surface area contributed by atoms with Crippen LogP contribution >= 0.6 is 0 Å². The van der Waals surface area contributed by atoms with Gasteiger partial charge in [0.25, 0.3) is 0 Å². The van der Waals surface area contributed by atoms with Crippen molar-refractivity contribution < 1.29 is 14.3 Å². The molecule has 0 aliphatic heterocycles. The fraction of sp³-hybridized carbons (Fsp3) is 0.500. The molecule has 0 saturated heterocycles. The van der Waals surface area contributed by atoms with Crippen LogP contribution in [0.5, 0.6) is 5.75 Å². The number of esters is 1.